The topological polar surface area (TPSA) is 17.1 Å². The molecule has 1 nitrogen and oxygen atoms in total. The van der Waals surface area contributed by atoms with Gasteiger partial charge in [0.2, 0.25) is 0 Å². The van der Waals surface area contributed by atoms with Crippen molar-refractivity contribution >= 4 is 34.6 Å². The molecule has 0 atom stereocenters. The molecule has 0 bridgehead atoms. The number of halogens is 1. The van der Waals surface area contributed by atoms with Gasteiger partial charge in [-0.2, -0.15) is 0 Å². The molecule has 0 aliphatic carbocycles. The van der Waals surface area contributed by atoms with Gasteiger partial charge < -0.3 is 0 Å². The number of carbonyl (C=O) groups is 1. The molecule has 0 unspecified atom stereocenters. The van der Waals surface area contributed by atoms with Crippen molar-refractivity contribution < 1.29 is 4.79 Å². The Balaban J connectivity index is 2.72. The van der Waals surface area contributed by atoms with Crippen molar-refractivity contribution in [2.75, 3.05) is 0 Å². The summed E-state index contributed by atoms with van der Waals surface area (Å²) in [7, 11) is 5.52. The molecule has 12 heavy (non-hydrogen) atoms. The summed E-state index contributed by atoms with van der Waals surface area (Å²) >= 11 is -0.597. The van der Waals surface area contributed by atoms with Gasteiger partial charge in [0.15, 0.2) is 0 Å². The molecule has 1 rings (SSSR count). The molecule has 0 aliphatic heterocycles. The molecule has 0 fully saturated rings. The fourth-order valence-corrected chi connectivity index (χ4v) is 1.63. The molecule has 0 heterocycles. The second-order valence-corrected chi connectivity index (χ2v) is 4.60. The Bertz CT molecular complexity index is 282. The van der Waals surface area contributed by atoms with Crippen molar-refractivity contribution in [1.82, 2.24) is 0 Å². The van der Waals surface area contributed by atoms with Crippen LogP contribution < -0.4 is 0 Å². The van der Waals surface area contributed by atoms with Crippen LogP contribution in [0.5, 0.6) is 0 Å². The Morgan fingerprint density at radius 1 is 1.33 bits per heavy atom. The maximum atomic E-state index is 11.3. The second kappa shape index (κ2) is 5.37. The van der Waals surface area contributed by atoms with Crippen LogP contribution in [0.2, 0.25) is 0 Å². The van der Waals surface area contributed by atoms with Crippen molar-refractivity contribution in [3.05, 3.63) is 46.1 Å². The Morgan fingerprint density at radius 2 is 2.00 bits per heavy atom. The third-order valence-electron chi connectivity index (χ3n) is 1.33. The monoisotopic (exact) mass is 296 g/mol. The fraction of sp³-hybridized carbons (Fsp3) is 0. The fourth-order valence-electron chi connectivity index (χ4n) is 0.786. The van der Waals surface area contributed by atoms with Crippen LogP contribution in [0.25, 0.3) is 0 Å². The van der Waals surface area contributed by atoms with E-state index in [0.717, 1.165) is 0 Å². The van der Waals surface area contributed by atoms with Gasteiger partial charge in [-0.3, -0.25) is 0 Å². The van der Waals surface area contributed by atoms with Gasteiger partial charge in [-0.1, -0.05) is 0 Å². The minimum absolute atomic E-state index is 0.0290. The Kier molecular flexibility index (Phi) is 4.38. The van der Waals surface area contributed by atoms with E-state index in [4.69, 9.17) is 8.96 Å². The van der Waals surface area contributed by atoms with E-state index in [-0.39, 0.29) is 5.78 Å². The zero-order valence-corrected chi connectivity index (χ0v) is 9.32. The standard InChI is InChI=1S/C9H7ClOTe/c10-12-7-6-9(11)8-4-2-1-3-5-8/h1-7H/b7-6-. The molecule has 0 radical (unpaired) electrons. The van der Waals surface area contributed by atoms with Gasteiger partial charge in [-0.15, -0.1) is 0 Å². The summed E-state index contributed by atoms with van der Waals surface area (Å²) in [5, 5.41) is 0. The van der Waals surface area contributed by atoms with Crippen LogP contribution in [0.4, 0.5) is 0 Å². The van der Waals surface area contributed by atoms with Gasteiger partial charge in [0.25, 0.3) is 0 Å². The summed E-state index contributed by atoms with van der Waals surface area (Å²) < 4.78 is 1.77. The molecule has 0 aliphatic rings. The van der Waals surface area contributed by atoms with Gasteiger partial charge in [-0.05, 0) is 0 Å². The van der Waals surface area contributed by atoms with Crippen molar-refractivity contribution in [3.8, 4) is 0 Å². The molecule has 0 aromatic heterocycles. The number of hydrogen-bond acceptors (Lipinski definition) is 1. The van der Waals surface area contributed by atoms with Crippen molar-refractivity contribution in [2.24, 2.45) is 0 Å². The van der Waals surface area contributed by atoms with Crippen LogP contribution in [0.1, 0.15) is 10.4 Å². The van der Waals surface area contributed by atoms with E-state index in [1.54, 1.807) is 22.3 Å². The van der Waals surface area contributed by atoms with Gasteiger partial charge in [-0.25, -0.2) is 0 Å². The summed E-state index contributed by atoms with van der Waals surface area (Å²) in [6, 6.07) is 9.16. The van der Waals surface area contributed by atoms with Crippen molar-refractivity contribution in [2.45, 2.75) is 0 Å². The summed E-state index contributed by atoms with van der Waals surface area (Å²) in [5.74, 6) is 0.0290. The Hall–Kier alpha value is -0.290. The number of rotatable bonds is 3. The van der Waals surface area contributed by atoms with Gasteiger partial charge in [0.05, 0.1) is 0 Å². The molecule has 1 aromatic carbocycles. The summed E-state index contributed by atoms with van der Waals surface area (Å²) in [4.78, 5) is 11.3. The molecular formula is C9H7ClOTe. The molecule has 0 saturated heterocycles. The number of hydrogen-bond donors (Lipinski definition) is 0. The van der Waals surface area contributed by atoms with E-state index in [2.05, 4.69) is 0 Å². The van der Waals surface area contributed by atoms with E-state index in [1.165, 1.54) is 0 Å². The van der Waals surface area contributed by atoms with Gasteiger partial charge >= 0.3 is 85.4 Å². The average Bonchev–Trinajstić information content (AvgIpc) is 2.15. The van der Waals surface area contributed by atoms with Gasteiger partial charge in [0, 0.05) is 0 Å². The first kappa shape index (κ1) is 9.80. The molecule has 62 valence electrons. The third-order valence-corrected chi connectivity index (χ3v) is 2.70. The first-order chi connectivity index (χ1) is 5.84. The molecule has 3 heteroatoms. The second-order valence-electron chi connectivity index (χ2n) is 2.12. The zero-order valence-electron chi connectivity index (χ0n) is 6.24. The van der Waals surface area contributed by atoms with Crippen LogP contribution in [-0.4, -0.2) is 25.6 Å². The van der Waals surface area contributed by atoms with E-state index >= 15 is 0 Å². The van der Waals surface area contributed by atoms with Crippen LogP contribution in [0, 0.1) is 0 Å². The summed E-state index contributed by atoms with van der Waals surface area (Å²) in [6.07, 6.45) is 1.55. The normalized spacial score (nSPS) is 10.4. The number of carbonyl (C=O) groups excluding carboxylic acids is 1. The van der Waals surface area contributed by atoms with Gasteiger partial charge in [0.1, 0.15) is 0 Å². The SMILES string of the molecule is O=C(/C=C\[Te]Cl)c1ccccc1. The van der Waals surface area contributed by atoms with Crippen LogP contribution >= 0.6 is 8.96 Å². The summed E-state index contributed by atoms with van der Waals surface area (Å²) in [6.45, 7) is 0. The number of ketones is 1. The molecule has 0 saturated carbocycles. The van der Waals surface area contributed by atoms with Crippen LogP contribution in [0.15, 0.2) is 40.5 Å². The quantitative estimate of drug-likeness (QED) is 0.475. The maximum absolute atomic E-state index is 11.3. The number of benzene rings is 1. The van der Waals surface area contributed by atoms with E-state index in [0.29, 0.717) is 5.56 Å². The Morgan fingerprint density at radius 3 is 2.58 bits per heavy atom. The van der Waals surface area contributed by atoms with Crippen molar-refractivity contribution in [3.63, 3.8) is 0 Å². The average molecular weight is 294 g/mol. The molecule has 0 spiro atoms. The Labute approximate surface area is 85.2 Å². The zero-order chi connectivity index (χ0) is 8.81. The predicted octanol–water partition coefficient (Wildman–Crippen LogP) is 2.24. The number of allylic oxidation sites excluding steroid dienone is 1. The van der Waals surface area contributed by atoms with E-state index < -0.39 is 19.8 Å². The summed E-state index contributed by atoms with van der Waals surface area (Å²) in [5.41, 5.74) is 0.714. The molecular weight excluding hydrogens is 287 g/mol. The third kappa shape index (κ3) is 2.98. The molecule has 0 amide bonds. The first-order valence-electron chi connectivity index (χ1n) is 3.38. The molecule has 0 N–H and O–H groups in total. The van der Waals surface area contributed by atoms with Crippen LogP contribution in [-0.2, 0) is 0 Å². The predicted molar refractivity (Wildman–Crippen MR) is 51.5 cm³/mol. The van der Waals surface area contributed by atoms with E-state index in [1.807, 2.05) is 18.2 Å². The molecule has 1 aromatic rings. The first-order valence-corrected chi connectivity index (χ1v) is 7.67. The van der Waals surface area contributed by atoms with E-state index in [9.17, 15) is 4.79 Å². The minimum atomic E-state index is -0.597. The van der Waals surface area contributed by atoms with Crippen molar-refractivity contribution in [1.29, 1.82) is 0 Å². The van der Waals surface area contributed by atoms with Crippen LogP contribution in [0.3, 0.4) is 0 Å².